The molecule has 0 radical (unpaired) electrons. The van der Waals surface area contributed by atoms with Gasteiger partial charge in [0, 0.05) is 39.3 Å². The van der Waals surface area contributed by atoms with E-state index in [1.54, 1.807) is 0 Å². The molecule has 1 aromatic carbocycles. The first-order valence-electron chi connectivity index (χ1n) is 9.88. The minimum atomic E-state index is 0. The highest BCUT2D eigenvalue weighted by Gasteiger charge is 2.20. The predicted octanol–water partition coefficient (Wildman–Crippen LogP) is 3.69. The largest absolute Gasteiger partial charge is 0.356 e. The first-order chi connectivity index (χ1) is 12.1. The van der Waals surface area contributed by atoms with E-state index < -0.39 is 0 Å². The molecule has 1 saturated heterocycles. The highest BCUT2D eigenvalue weighted by molar-refractivity contribution is 14.0. The average Bonchev–Trinajstić information content (AvgIpc) is 2.62. The summed E-state index contributed by atoms with van der Waals surface area (Å²) in [5.74, 6) is 1.69. The van der Waals surface area contributed by atoms with Crippen LogP contribution >= 0.6 is 24.0 Å². The first kappa shape index (κ1) is 23.2. The molecule has 1 aliphatic heterocycles. The number of nitrogens with zero attached hydrogens (tertiary/aromatic N) is 2. The molecule has 4 nitrogen and oxygen atoms in total. The number of aliphatic imine (C=N–C) groups is 1. The summed E-state index contributed by atoms with van der Waals surface area (Å²) < 4.78 is 0. The van der Waals surface area contributed by atoms with Gasteiger partial charge in [0.1, 0.15) is 0 Å². The summed E-state index contributed by atoms with van der Waals surface area (Å²) in [7, 11) is 1.86. The third kappa shape index (κ3) is 8.25. The van der Waals surface area contributed by atoms with Crippen molar-refractivity contribution in [3.63, 3.8) is 0 Å². The molecule has 2 N–H and O–H groups in total. The van der Waals surface area contributed by atoms with Gasteiger partial charge in [-0.1, -0.05) is 45.0 Å². The molecule has 148 valence electrons. The van der Waals surface area contributed by atoms with Gasteiger partial charge in [-0.3, -0.25) is 4.99 Å². The summed E-state index contributed by atoms with van der Waals surface area (Å²) in [5.41, 5.74) is 2.78. The van der Waals surface area contributed by atoms with E-state index in [4.69, 9.17) is 0 Å². The van der Waals surface area contributed by atoms with Gasteiger partial charge >= 0.3 is 0 Å². The Bertz CT molecular complexity index is 519. The predicted molar refractivity (Wildman–Crippen MR) is 124 cm³/mol. The van der Waals surface area contributed by atoms with Crippen LogP contribution in [0.25, 0.3) is 0 Å². The van der Waals surface area contributed by atoms with Crippen molar-refractivity contribution >= 4 is 29.9 Å². The molecule has 0 aromatic heterocycles. The number of halogens is 1. The van der Waals surface area contributed by atoms with E-state index in [2.05, 4.69) is 65.6 Å². The monoisotopic (exact) mass is 472 g/mol. The molecule has 0 saturated carbocycles. The maximum Gasteiger partial charge on any atom is 0.191 e. The van der Waals surface area contributed by atoms with Crippen LogP contribution in [0.15, 0.2) is 29.3 Å². The van der Waals surface area contributed by atoms with Crippen LogP contribution in [0.4, 0.5) is 0 Å². The smallest absolute Gasteiger partial charge is 0.191 e. The van der Waals surface area contributed by atoms with Gasteiger partial charge in [-0.2, -0.15) is 0 Å². The second-order valence-electron chi connectivity index (χ2n) is 7.53. The van der Waals surface area contributed by atoms with Crippen LogP contribution in [-0.4, -0.2) is 50.1 Å². The van der Waals surface area contributed by atoms with E-state index in [1.807, 2.05) is 7.05 Å². The molecule has 1 aromatic rings. The molecule has 1 fully saturated rings. The van der Waals surface area contributed by atoms with E-state index in [0.29, 0.717) is 6.04 Å². The Morgan fingerprint density at radius 2 is 1.77 bits per heavy atom. The minimum Gasteiger partial charge on any atom is -0.356 e. The molecule has 0 unspecified atom stereocenters. The topological polar surface area (TPSA) is 39.7 Å². The van der Waals surface area contributed by atoms with Crippen LogP contribution in [0, 0.1) is 5.92 Å². The normalized spacial score (nSPS) is 16.4. The fraction of sp³-hybridized carbons (Fsp3) is 0.667. The molecule has 5 heteroatoms. The number of hydrogen-bond donors (Lipinski definition) is 2. The van der Waals surface area contributed by atoms with Gasteiger partial charge in [0.2, 0.25) is 0 Å². The number of hydrogen-bond acceptors (Lipinski definition) is 2. The summed E-state index contributed by atoms with van der Waals surface area (Å²) in [4.78, 5) is 6.97. The van der Waals surface area contributed by atoms with E-state index >= 15 is 0 Å². The molecule has 0 spiro atoms. The summed E-state index contributed by atoms with van der Waals surface area (Å²) in [6.45, 7) is 11.3. The molecule has 0 aliphatic carbocycles. The molecule has 0 amide bonds. The number of piperidine rings is 1. The summed E-state index contributed by atoms with van der Waals surface area (Å²) >= 11 is 0. The van der Waals surface area contributed by atoms with Gasteiger partial charge in [-0.25, -0.2) is 0 Å². The second kappa shape index (κ2) is 12.5. The number of aryl methyl sites for hydroxylation is 1. The Hall–Kier alpha value is -0.820. The van der Waals surface area contributed by atoms with Gasteiger partial charge in [-0.15, -0.1) is 24.0 Å². The lowest BCUT2D eigenvalue weighted by Crippen LogP contribution is -2.49. The van der Waals surface area contributed by atoms with Crippen LogP contribution < -0.4 is 10.6 Å². The maximum atomic E-state index is 4.39. The Morgan fingerprint density at radius 3 is 2.31 bits per heavy atom. The lowest BCUT2D eigenvalue weighted by Gasteiger charge is -2.34. The van der Waals surface area contributed by atoms with Gasteiger partial charge < -0.3 is 15.5 Å². The zero-order chi connectivity index (χ0) is 18.1. The van der Waals surface area contributed by atoms with Crippen molar-refractivity contribution in [2.24, 2.45) is 10.9 Å². The van der Waals surface area contributed by atoms with Crippen LogP contribution in [0.5, 0.6) is 0 Å². The van der Waals surface area contributed by atoms with Crippen molar-refractivity contribution in [2.45, 2.75) is 52.5 Å². The quantitative estimate of drug-likeness (QED) is 0.361. The van der Waals surface area contributed by atoms with Crippen LogP contribution in [0.1, 0.15) is 44.7 Å². The Labute approximate surface area is 177 Å². The Morgan fingerprint density at radius 1 is 1.15 bits per heavy atom. The van der Waals surface area contributed by atoms with E-state index in [0.717, 1.165) is 31.3 Å². The lowest BCUT2D eigenvalue weighted by atomic mass is 10.0. The molecule has 1 aliphatic rings. The van der Waals surface area contributed by atoms with E-state index in [-0.39, 0.29) is 24.0 Å². The standard InChI is InChI=1S/C21H36N4.HI/c1-5-18-6-8-19(9-7-18)10-13-23-21(22-4)24-20-11-14-25(15-12-20)16-17(2)3;/h6-9,17,20H,5,10-16H2,1-4H3,(H2,22,23,24);1H. The zero-order valence-electron chi connectivity index (χ0n) is 16.9. The number of likely N-dealkylation sites (tertiary alicyclic amines) is 1. The van der Waals surface area contributed by atoms with Crippen molar-refractivity contribution in [1.82, 2.24) is 15.5 Å². The van der Waals surface area contributed by atoms with Gasteiger partial charge in [0.25, 0.3) is 0 Å². The number of guanidine groups is 1. The van der Waals surface area contributed by atoms with Crippen molar-refractivity contribution in [3.05, 3.63) is 35.4 Å². The number of benzene rings is 1. The molecular formula is C21H37IN4. The van der Waals surface area contributed by atoms with Gasteiger partial charge in [0.05, 0.1) is 0 Å². The van der Waals surface area contributed by atoms with Crippen molar-refractivity contribution in [2.75, 3.05) is 33.2 Å². The van der Waals surface area contributed by atoms with Crippen molar-refractivity contribution < 1.29 is 0 Å². The lowest BCUT2D eigenvalue weighted by molar-refractivity contribution is 0.187. The molecule has 1 heterocycles. The number of nitrogens with one attached hydrogen (secondary N) is 2. The molecular weight excluding hydrogens is 435 g/mol. The Balaban J connectivity index is 0.00000338. The molecule has 2 rings (SSSR count). The van der Waals surface area contributed by atoms with Crippen molar-refractivity contribution in [1.29, 1.82) is 0 Å². The minimum absolute atomic E-state index is 0. The summed E-state index contributed by atoms with van der Waals surface area (Å²) in [5, 5.41) is 7.06. The zero-order valence-corrected chi connectivity index (χ0v) is 19.3. The SMILES string of the molecule is CCc1ccc(CCNC(=NC)NC2CCN(CC(C)C)CC2)cc1.I. The molecule has 0 atom stereocenters. The third-order valence-electron chi connectivity index (χ3n) is 4.91. The highest BCUT2D eigenvalue weighted by Crippen LogP contribution is 2.12. The van der Waals surface area contributed by atoms with Crippen LogP contribution in [0.2, 0.25) is 0 Å². The van der Waals surface area contributed by atoms with Crippen molar-refractivity contribution in [3.8, 4) is 0 Å². The molecule has 26 heavy (non-hydrogen) atoms. The van der Waals surface area contributed by atoms with Crippen LogP contribution in [-0.2, 0) is 12.8 Å². The van der Waals surface area contributed by atoms with E-state index in [9.17, 15) is 0 Å². The third-order valence-corrected chi connectivity index (χ3v) is 4.91. The maximum absolute atomic E-state index is 4.39. The van der Waals surface area contributed by atoms with Gasteiger partial charge in [0.15, 0.2) is 5.96 Å². The number of rotatable bonds is 7. The van der Waals surface area contributed by atoms with Gasteiger partial charge in [-0.05, 0) is 42.7 Å². The fourth-order valence-corrected chi connectivity index (χ4v) is 3.43. The van der Waals surface area contributed by atoms with E-state index in [1.165, 1.54) is 43.6 Å². The average molecular weight is 472 g/mol. The fourth-order valence-electron chi connectivity index (χ4n) is 3.43. The van der Waals surface area contributed by atoms with Crippen LogP contribution in [0.3, 0.4) is 0 Å². The highest BCUT2D eigenvalue weighted by atomic mass is 127. The molecule has 0 bridgehead atoms. The summed E-state index contributed by atoms with van der Waals surface area (Å²) in [6.07, 6.45) is 4.53. The Kier molecular flexibility index (Phi) is 11.2. The first-order valence-corrected chi connectivity index (χ1v) is 9.88. The second-order valence-corrected chi connectivity index (χ2v) is 7.53. The summed E-state index contributed by atoms with van der Waals surface area (Å²) in [6, 6.07) is 9.47.